The molecule has 0 bridgehead atoms. The molecule has 0 spiro atoms. The molecule has 2 aromatic heterocycles. The number of fused-ring (bicyclic) bond motifs is 1. The number of carbonyl (C=O) groups excluding carboxylic acids is 1. The van der Waals surface area contributed by atoms with Crippen molar-refractivity contribution in [3.8, 4) is 0 Å². The van der Waals surface area contributed by atoms with Crippen molar-refractivity contribution in [2.45, 2.75) is 0 Å². The number of nitrogens with zero attached hydrogens (tertiary/aromatic N) is 4. The van der Waals surface area contributed by atoms with E-state index in [-0.39, 0.29) is 11.8 Å². The first-order valence-electron chi connectivity index (χ1n) is 4.22. The van der Waals surface area contributed by atoms with Crippen LogP contribution in [0.4, 0.5) is 5.82 Å². The van der Waals surface area contributed by atoms with Crippen molar-refractivity contribution in [3.63, 3.8) is 0 Å². The van der Waals surface area contributed by atoms with E-state index in [1.54, 1.807) is 24.1 Å². The Morgan fingerprint density at radius 1 is 1.53 bits per heavy atom. The predicted octanol–water partition coefficient (Wildman–Crippen LogP) is 0.541. The maximum absolute atomic E-state index is 11.1. The number of aromatic nitrogens is 4. The Kier molecular flexibility index (Phi) is 2.51. The average Bonchev–Trinajstić information content (AvgIpc) is 2.57. The number of halogens is 1. The molecule has 7 heteroatoms. The van der Waals surface area contributed by atoms with Gasteiger partial charge in [-0.15, -0.1) is 11.6 Å². The van der Waals surface area contributed by atoms with Crippen LogP contribution in [0.2, 0.25) is 0 Å². The Labute approximate surface area is 90.3 Å². The van der Waals surface area contributed by atoms with Gasteiger partial charge in [0, 0.05) is 19.4 Å². The first-order valence-corrected chi connectivity index (χ1v) is 4.75. The third-order valence-corrected chi connectivity index (χ3v) is 2.08. The lowest BCUT2D eigenvalue weighted by Crippen LogP contribution is -2.13. The van der Waals surface area contributed by atoms with Crippen molar-refractivity contribution in [2.24, 2.45) is 7.05 Å². The zero-order valence-electron chi connectivity index (χ0n) is 7.94. The van der Waals surface area contributed by atoms with Crippen LogP contribution in [0.5, 0.6) is 0 Å². The van der Waals surface area contributed by atoms with Gasteiger partial charge in [0.05, 0.1) is 0 Å². The van der Waals surface area contributed by atoms with Crippen LogP contribution >= 0.6 is 11.6 Å². The highest BCUT2D eigenvalue weighted by Gasteiger charge is 2.12. The van der Waals surface area contributed by atoms with Crippen LogP contribution in [0.25, 0.3) is 11.2 Å². The molecule has 0 aliphatic carbocycles. The Hall–Kier alpha value is -1.69. The number of amides is 1. The molecule has 0 unspecified atom stereocenters. The molecule has 0 saturated carbocycles. The van der Waals surface area contributed by atoms with Crippen LogP contribution in [-0.4, -0.2) is 31.5 Å². The fourth-order valence-corrected chi connectivity index (χ4v) is 1.30. The van der Waals surface area contributed by atoms with Crippen LogP contribution in [-0.2, 0) is 11.8 Å². The predicted molar refractivity (Wildman–Crippen MR) is 55.7 cm³/mol. The summed E-state index contributed by atoms with van der Waals surface area (Å²) in [6.07, 6.45) is 3.11. The number of carbonyl (C=O) groups is 1. The molecule has 0 aliphatic heterocycles. The van der Waals surface area contributed by atoms with E-state index in [1.165, 1.54) is 0 Å². The summed E-state index contributed by atoms with van der Waals surface area (Å²) in [5, 5.41) is 6.63. The van der Waals surface area contributed by atoms with Gasteiger partial charge in [-0.3, -0.25) is 4.79 Å². The van der Waals surface area contributed by atoms with Gasteiger partial charge in [-0.1, -0.05) is 0 Å². The number of aryl methyl sites for hydroxylation is 1. The summed E-state index contributed by atoms with van der Waals surface area (Å²) < 4.78 is 1.55. The van der Waals surface area contributed by atoms with Gasteiger partial charge in [0.1, 0.15) is 5.88 Å². The lowest BCUT2D eigenvalue weighted by molar-refractivity contribution is -0.113. The largest absolute Gasteiger partial charge is 0.306 e. The summed E-state index contributed by atoms with van der Waals surface area (Å²) in [5.41, 5.74) is 1.17. The molecule has 78 valence electrons. The zero-order valence-corrected chi connectivity index (χ0v) is 8.69. The summed E-state index contributed by atoms with van der Waals surface area (Å²) in [4.78, 5) is 19.3. The van der Waals surface area contributed by atoms with Crippen LogP contribution < -0.4 is 5.32 Å². The Morgan fingerprint density at radius 3 is 3.00 bits per heavy atom. The number of nitrogens with one attached hydrogen (secondary N) is 1. The van der Waals surface area contributed by atoms with E-state index in [2.05, 4.69) is 20.4 Å². The maximum atomic E-state index is 11.1. The van der Waals surface area contributed by atoms with Gasteiger partial charge in [0.15, 0.2) is 17.0 Å². The molecular formula is C8H8ClN5O. The van der Waals surface area contributed by atoms with Gasteiger partial charge < -0.3 is 5.32 Å². The smallest absolute Gasteiger partial charge is 0.240 e. The number of alkyl halides is 1. The normalized spacial score (nSPS) is 10.5. The number of rotatable bonds is 2. The minimum atomic E-state index is -0.317. The van der Waals surface area contributed by atoms with Crippen molar-refractivity contribution in [3.05, 3.63) is 12.4 Å². The van der Waals surface area contributed by atoms with E-state index < -0.39 is 0 Å². The summed E-state index contributed by atoms with van der Waals surface area (Å²) in [6, 6.07) is 0. The Bertz CT molecular complexity index is 509. The van der Waals surface area contributed by atoms with Gasteiger partial charge in [0.2, 0.25) is 5.91 Å². The molecular weight excluding hydrogens is 218 g/mol. The van der Waals surface area contributed by atoms with E-state index in [0.29, 0.717) is 17.0 Å². The van der Waals surface area contributed by atoms with Gasteiger partial charge >= 0.3 is 0 Å². The summed E-state index contributed by atoms with van der Waals surface area (Å²) in [6.45, 7) is 0. The molecule has 0 saturated heterocycles. The fraction of sp³-hybridized carbons (Fsp3) is 0.250. The Balaban J connectivity index is 2.48. The number of hydrogen-bond acceptors (Lipinski definition) is 4. The molecule has 0 fully saturated rings. The van der Waals surface area contributed by atoms with Crippen molar-refractivity contribution in [1.29, 1.82) is 0 Å². The lowest BCUT2D eigenvalue weighted by atomic mass is 10.5. The summed E-state index contributed by atoms with van der Waals surface area (Å²) >= 11 is 5.38. The molecule has 0 aromatic carbocycles. The SMILES string of the molecule is Cn1nc(NC(=O)CCl)c2nccnc21. The number of anilines is 1. The topological polar surface area (TPSA) is 72.7 Å². The fourth-order valence-electron chi connectivity index (χ4n) is 1.23. The highest BCUT2D eigenvalue weighted by Crippen LogP contribution is 2.16. The molecule has 15 heavy (non-hydrogen) atoms. The molecule has 1 amide bonds. The first-order chi connectivity index (χ1) is 7.22. The van der Waals surface area contributed by atoms with Gasteiger partial charge in [-0.25, -0.2) is 14.6 Å². The second-order valence-corrected chi connectivity index (χ2v) is 3.15. The summed E-state index contributed by atoms with van der Waals surface area (Å²) in [7, 11) is 1.73. The minimum absolute atomic E-state index is 0.113. The van der Waals surface area contributed by atoms with Crippen molar-refractivity contribution in [2.75, 3.05) is 11.2 Å². The minimum Gasteiger partial charge on any atom is -0.306 e. The molecule has 0 atom stereocenters. The van der Waals surface area contributed by atoms with Crippen LogP contribution in [0.1, 0.15) is 0 Å². The maximum Gasteiger partial charge on any atom is 0.240 e. The van der Waals surface area contributed by atoms with Crippen LogP contribution in [0.15, 0.2) is 12.4 Å². The van der Waals surface area contributed by atoms with Gasteiger partial charge in [-0.2, -0.15) is 5.10 Å². The van der Waals surface area contributed by atoms with Crippen LogP contribution in [0, 0.1) is 0 Å². The third-order valence-electron chi connectivity index (χ3n) is 1.84. The van der Waals surface area contributed by atoms with Gasteiger partial charge in [-0.05, 0) is 0 Å². The molecule has 1 N–H and O–H groups in total. The lowest BCUT2D eigenvalue weighted by Gasteiger charge is -1.96. The van der Waals surface area contributed by atoms with E-state index in [0.717, 1.165) is 0 Å². The quantitative estimate of drug-likeness (QED) is 0.758. The molecule has 0 radical (unpaired) electrons. The van der Waals surface area contributed by atoms with Crippen molar-refractivity contribution >= 4 is 34.5 Å². The molecule has 2 aromatic rings. The molecule has 2 heterocycles. The first kappa shape index (κ1) is 9.85. The molecule has 6 nitrogen and oxygen atoms in total. The molecule has 0 aliphatic rings. The highest BCUT2D eigenvalue weighted by atomic mass is 35.5. The highest BCUT2D eigenvalue weighted by molar-refractivity contribution is 6.29. The van der Waals surface area contributed by atoms with Crippen molar-refractivity contribution in [1.82, 2.24) is 19.7 Å². The number of hydrogen-bond donors (Lipinski definition) is 1. The van der Waals surface area contributed by atoms with E-state index in [1.807, 2.05) is 0 Å². The summed E-state index contributed by atoms with van der Waals surface area (Å²) in [5.74, 6) is -0.0493. The van der Waals surface area contributed by atoms with E-state index in [9.17, 15) is 4.79 Å². The average molecular weight is 226 g/mol. The third kappa shape index (κ3) is 1.75. The standard InChI is InChI=1S/C8H8ClN5O/c1-14-8-6(10-2-3-11-8)7(13-14)12-5(15)4-9/h2-3H,4H2,1H3,(H,12,13,15). The second kappa shape index (κ2) is 3.82. The monoisotopic (exact) mass is 225 g/mol. The zero-order chi connectivity index (χ0) is 10.8. The Morgan fingerprint density at radius 2 is 2.27 bits per heavy atom. The van der Waals surface area contributed by atoms with Crippen molar-refractivity contribution < 1.29 is 4.79 Å². The van der Waals surface area contributed by atoms with E-state index in [4.69, 9.17) is 11.6 Å². The van der Waals surface area contributed by atoms with E-state index >= 15 is 0 Å². The van der Waals surface area contributed by atoms with Crippen LogP contribution in [0.3, 0.4) is 0 Å². The second-order valence-electron chi connectivity index (χ2n) is 2.88. The molecule has 2 rings (SSSR count). The van der Waals surface area contributed by atoms with Gasteiger partial charge in [0.25, 0.3) is 0 Å².